The molecule has 2 fully saturated rings. The fraction of sp³-hybridized carbons (Fsp3) is 0.455. The number of rotatable bonds is 4. The van der Waals surface area contributed by atoms with Crippen LogP contribution in [0.15, 0.2) is 36.4 Å². The third-order valence-corrected chi connectivity index (χ3v) is 5.71. The van der Waals surface area contributed by atoms with Gasteiger partial charge < -0.3 is 10.2 Å². The summed E-state index contributed by atoms with van der Waals surface area (Å²) in [4.78, 5) is 19.4. The molecule has 5 heteroatoms. The second-order valence-corrected chi connectivity index (χ2v) is 7.81. The average molecular weight is 367 g/mol. The van der Waals surface area contributed by atoms with Crippen LogP contribution in [0, 0.1) is 18.7 Å². The van der Waals surface area contributed by atoms with E-state index >= 15 is 0 Å². The van der Waals surface area contributed by atoms with Crippen LogP contribution in [0.1, 0.15) is 49.4 Å². The minimum atomic E-state index is -0.261. The Bertz CT molecular complexity index is 832. The predicted molar refractivity (Wildman–Crippen MR) is 105 cm³/mol. The number of likely N-dealkylation sites (tertiary alicyclic amines) is 1. The molecule has 1 saturated heterocycles. The van der Waals surface area contributed by atoms with Gasteiger partial charge >= 0.3 is 0 Å². The first-order valence-corrected chi connectivity index (χ1v) is 9.88. The van der Waals surface area contributed by atoms with Crippen molar-refractivity contribution in [1.82, 2.24) is 9.88 Å². The van der Waals surface area contributed by atoms with E-state index in [-0.39, 0.29) is 17.7 Å². The summed E-state index contributed by atoms with van der Waals surface area (Å²) in [5.74, 6) is 0.575. The van der Waals surface area contributed by atoms with Gasteiger partial charge in [0.05, 0.1) is 0 Å². The Balaban J connectivity index is 1.47. The molecule has 1 saturated carbocycles. The van der Waals surface area contributed by atoms with Crippen LogP contribution < -0.4 is 5.32 Å². The summed E-state index contributed by atoms with van der Waals surface area (Å²) in [6, 6.07) is 10.4. The van der Waals surface area contributed by atoms with Gasteiger partial charge in [0.25, 0.3) is 0 Å². The van der Waals surface area contributed by atoms with Crippen molar-refractivity contribution < 1.29 is 9.18 Å². The molecular formula is C22H26FN3O. The number of hydrogen-bond acceptors (Lipinski definition) is 3. The van der Waals surface area contributed by atoms with E-state index in [4.69, 9.17) is 4.98 Å². The van der Waals surface area contributed by atoms with Crippen molar-refractivity contribution in [2.45, 2.75) is 44.9 Å². The Morgan fingerprint density at radius 3 is 2.74 bits per heavy atom. The third-order valence-electron chi connectivity index (χ3n) is 5.71. The molecule has 1 amide bonds. The number of carbonyl (C=O) groups excluding carboxylic acids is 1. The average Bonchev–Trinajstić information content (AvgIpc) is 3.33. The zero-order chi connectivity index (χ0) is 18.8. The summed E-state index contributed by atoms with van der Waals surface area (Å²) in [6.07, 6.45) is 5.41. The zero-order valence-electron chi connectivity index (χ0n) is 15.7. The standard InChI is InChI=1S/C22H26FN3O/c1-15-11-20(25-19-8-4-7-18(23)12-19)13-21(24-15)17-9-10-26(14-17)22(27)16-5-2-3-6-16/h4,7-8,11-13,16-17H,2-3,5-6,9-10,14H2,1H3,(H,24,25)/t17-/m1/s1. The number of pyridine rings is 1. The Kier molecular flexibility index (Phi) is 5.10. The molecule has 0 radical (unpaired) electrons. The first-order valence-electron chi connectivity index (χ1n) is 9.88. The molecule has 1 aliphatic carbocycles. The van der Waals surface area contributed by atoms with Gasteiger partial charge in [-0.3, -0.25) is 9.78 Å². The quantitative estimate of drug-likeness (QED) is 0.846. The smallest absolute Gasteiger partial charge is 0.225 e. The second kappa shape index (κ2) is 7.67. The normalized spacial score (nSPS) is 20.2. The van der Waals surface area contributed by atoms with Gasteiger partial charge in [-0.15, -0.1) is 0 Å². The molecule has 2 aliphatic rings. The van der Waals surface area contributed by atoms with Gasteiger partial charge in [0.15, 0.2) is 0 Å². The summed E-state index contributed by atoms with van der Waals surface area (Å²) in [5, 5.41) is 3.27. The van der Waals surface area contributed by atoms with E-state index < -0.39 is 0 Å². The van der Waals surface area contributed by atoms with Crippen LogP contribution in [0.3, 0.4) is 0 Å². The molecule has 2 heterocycles. The van der Waals surface area contributed by atoms with Gasteiger partial charge in [-0.25, -0.2) is 4.39 Å². The topological polar surface area (TPSA) is 45.2 Å². The van der Waals surface area contributed by atoms with E-state index in [1.807, 2.05) is 30.0 Å². The van der Waals surface area contributed by atoms with E-state index in [2.05, 4.69) is 5.32 Å². The van der Waals surface area contributed by atoms with Gasteiger partial charge in [-0.2, -0.15) is 0 Å². The number of benzene rings is 1. The molecule has 4 rings (SSSR count). The number of hydrogen-bond donors (Lipinski definition) is 1. The number of aryl methyl sites for hydroxylation is 1. The predicted octanol–water partition coefficient (Wildman–Crippen LogP) is 4.78. The molecule has 1 N–H and O–H groups in total. The lowest BCUT2D eigenvalue weighted by Crippen LogP contribution is -2.33. The maximum atomic E-state index is 13.4. The highest BCUT2D eigenvalue weighted by molar-refractivity contribution is 5.79. The Hall–Kier alpha value is -2.43. The van der Waals surface area contributed by atoms with E-state index in [0.717, 1.165) is 55.1 Å². The fourth-order valence-electron chi connectivity index (χ4n) is 4.34. The molecule has 0 spiro atoms. The summed E-state index contributed by atoms with van der Waals surface area (Å²) in [6.45, 7) is 3.55. The van der Waals surface area contributed by atoms with E-state index in [9.17, 15) is 9.18 Å². The molecule has 2 aromatic rings. The second-order valence-electron chi connectivity index (χ2n) is 7.81. The van der Waals surface area contributed by atoms with Gasteiger partial charge in [-0.05, 0) is 56.5 Å². The molecule has 1 aromatic heterocycles. The number of anilines is 2. The molecule has 1 aromatic carbocycles. The molecule has 4 nitrogen and oxygen atoms in total. The monoisotopic (exact) mass is 367 g/mol. The molecule has 27 heavy (non-hydrogen) atoms. The van der Waals surface area contributed by atoms with E-state index in [1.165, 1.54) is 25.0 Å². The van der Waals surface area contributed by atoms with Crippen LogP contribution in [0.5, 0.6) is 0 Å². The first kappa shape index (κ1) is 18.0. The minimum absolute atomic E-state index is 0.236. The number of nitrogens with one attached hydrogen (secondary N) is 1. The van der Waals surface area contributed by atoms with Gasteiger partial charge in [0.2, 0.25) is 5.91 Å². The molecule has 1 aliphatic heterocycles. The van der Waals surface area contributed by atoms with Crippen molar-refractivity contribution in [3.8, 4) is 0 Å². The number of aromatic nitrogens is 1. The van der Waals surface area contributed by atoms with Gasteiger partial charge in [0, 0.05) is 47.7 Å². The summed E-state index contributed by atoms with van der Waals surface area (Å²) in [5.41, 5.74) is 3.56. The highest BCUT2D eigenvalue weighted by Crippen LogP contribution is 2.33. The first-order chi connectivity index (χ1) is 13.1. The van der Waals surface area contributed by atoms with Crippen LogP contribution >= 0.6 is 0 Å². The number of amides is 1. The lowest BCUT2D eigenvalue weighted by atomic mass is 10.0. The minimum Gasteiger partial charge on any atom is -0.355 e. The molecule has 0 bridgehead atoms. The van der Waals surface area contributed by atoms with Crippen LogP contribution in [-0.2, 0) is 4.79 Å². The van der Waals surface area contributed by atoms with Crippen molar-refractivity contribution in [2.24, 2.45) is 5.92 Å². The third kappa shape index (κ3) is 4.12. The van der Waals surface area contributed by atoms with E-state index in [1.54, 1.807) is 6.07 Å². The Morgan fingerprint density at radius 2 is 1.96 bits per heavy atom. The van der Waals surface area contributed by atoms with Crippen molar-refractivity contribution >= 4 is 17.3 Å². The lowest BCUT2D eigenvalue weighted by Gasteiger charge is -2.20. The van der Waals surface area contributed by atoms with E-state index in [0.29, 0.717) is 5.91 Å². The zero-order valence-corrected chi connectivity index (χ0v) is 15.7. The Labute approximate surface area is 159 Å². The summed E-state index contributed by atoms with van der Waals surface area (Å²) in [7, 11) is 0. The van der Waals surface area contributed by atoms with Crippen molar-refractivity contribution in [3.05, 3.63) is 53.6 Å². The van der Waals surface area contributed by atoms with Crippen LogP contribution in [0.25, 0.3) is 0 Å². The highest BCUT2D eigenvalue weighted by atomic mass is 19.1. The summed E-state index contributed by atoms with van der Waals surface area (Å²) < 4.78 is 13.4. The SMILES string of the molecule is Cc1cc(Nc2cccc(F)c2)cc([C@@H]2CCN(C(=O)C3CCCC3)C2)n1. The van der Waals surface area contributed by atoms with Crippen LogP contribution in [0.4, 0.5) is 15.8 Å². The van der Waals surface area contributed by atoms with Gasteiger partial charge in [0.1, 0.15) is 5.82 Å². The number of halogens is 1. The number of nitrogens with zero attached hydrogens (tertiary/aromatic N) is 2. The fourth-order valence-corrected chi connectivity index (χ4v) is 4.34. The number of carbonyl (C=O) groups is 1. The maximum absolute atomic E-state index is 13.4. The lowest BCUT2D eigenvalue weighted by molar-refractivity contribution is -0.134. The summed E-state index contributed by atoms with van der Waals surface area (Å²) >= 11 is 0. The van der Waals surface area contributed by atoms with Crippen molar-refractivity contribution in [3.63, 3.8) is 0 Å². The molecule has 142 valence electrons. The molecular weight excluding hydrogens is 341 g/mol. The van der Waals surface area contributed by atoms with Crippen LogP contribution in [-0.4, -0.2) is 28.9 Å². The highest BCUT2D eigenvalue weighted by Gasteiger charge is 2.33. The Morgan fingerprint density at radius 1 is 1.15 bits per heavy atom. The molecule has 0 unspecified atom stereocenters. The largest absolute Gasteiger partial charge is 0.355 e. The molecule has 1 atom stereocenters. The van der Waals surface area contributed by atoms with Crippen LogP contribution in [0.2, 0.25) is 0 Å². The van der Waals surface area contributed by atoms with Crippen molar-refractivity contribution in [2.75, 3.05) is 18.4 Å². The van der Waals surface area contributed by atoms with Gasteiger partial charge in [-0.1, -0.05) is 18.9 Å². The van der Waals surface area contributed by atoms with Crippen molar-refractivity contribution in [1.29, 1.82) is 0 Å². The maximum Gasteiger partial charge on any atom is 0.225 e.